The Morgan fingerprint density at radius 3 is 2.55 bits per heavy atom. The Kier molecular flexibility index (Phi) is 6.03. The van der Waals surface area contributed by atoms with E-state index < -0.39 is 17.1 Å². The molecule has 4 rings (SSSR count). The van der Waals surface area contributed by atoms with Crippen molar-refractivity contribution in [2.75, 3.05) is 21.3 Å². The highest BCUT2D eigenvalue weighted by Crippen LogP contribution is 2.35. The van der Waals surface area contributed by atoms with Gasteiger partial charge in [0.25, 0.3) is 5.56 Å². The Labute approximate surface area is 189 Å². The fourth-order valence-corrected chi connectivity index (χ4v) is 3.65. The quantitative estimate of drug-likeness (QED) is 0.573. The first-order valence-corrected chi connectivity index (χ1v) is 10.2. The van der Waals surface area contributed by atoms with E-state index in [1.165, 1.54) is 6.08 Å². The predicted octanol–water partition coefficient (Wildman–Crippen LogP) is 2.77. The molecular formula is C24H23N3O6. The monoisotopic (exact) mass is 449 g/mol. The zero-order valence-corrected chi connectivity index (χ0v) is 18.4. The number of aromatic hydroxyl groups is 1. The number of aromatic amines is 1. The van der Waals surface area contributed by atoms with Gasteiger partial charge in [0.15, 0.2) is 11.5 Å². The standard InChI is InChI=1S/C24H23N3O6/c1-31-16-5-6-19-17(12-16)15(13-25-19)11-18-22(28)26-24(30)27(23(18)29)9-8-14-4-7-20(32-2)21(10-14)33-3/h4-7,10-13,29H,8-9H2,1-3H3,(H,26,28,30). The molecule has 1 aliphatic rings. The van der Waals surface area contributed by atoms with Crippen LogP contribution in [0.25, 0.3) is 11.6 Å². The van der Waals surface area contributed by atoms with Gasteiger partial charge in [-0.05, 0) is 48.4 Å². The van der Waals surface area contributed by atoms with Crippen LogP contribution in [0.15, 0.2) is 51.0 Å². The molecule has 0 saturated carbocycles. The molecule has 33 heavy (non-hydrogen) atoms. The topological polar surface area (TPSA) is 115 Å². The summed E-state index contributed by atoms with van der Waals surface area (Å²) in [6, 6.07) is 10.8. The molecule has 1 aliphatic heterocycles. The number of ether oxygens (including phenoxy) is 3. The Hall–Kier alpha value is -4.27. The maximum atomic E-state index is 12.5. The number of aromatic nitrogens is 2. The van der Waals surface area contributed by atoms with Gasteiger partial charge in [-0.15, -0.1) is 0 Å². The van der Waals surface area contributed by atoms with Crippen LogP contribution in [0.2, 0.25) is 0 Å². The predicted molar refractivity (Wildman–Crippen MR) is 125 cm³/mol. The number of hydrogen-bond donors (Lipinski definition) is 2. The highest BCUT2D eigenvalue weighted by Gasteiger charge is 2.18. The van der Waals surface area contributed by atoms with E-state index in [2.05, 4.69) is 9.98 Å². The maximum absolute atomic E-state index is 12.5. The van der Waals surface area contributed by atoms with Crippen molar-refractivity contribution in [2.24, 2.45) is 4.99 Å². The van der Waals surface area contributed by atoms with Gasteiger partial charge in [-0.3, -0.25) is 19.3 Å². The van der Waals surface area contributed by atoms with Crippen LogP contribution in [-0.4, -0.2) is 42.2 Å². The van der Waals surface area contributed by atoms with Crippen molar-refractivity contribution >= 4 is 23.6 Å². The number of benzene rings is 2. The second kappa shape index (κ2) is 9.07. The Bertz CT molecular complexity index is 1380. The van der Waals surface area contributed by atoms with Crippen molar-refractivity contribution in [2.45, 2.75) is 13.0 Å². The number of rotatable bonds is 7. The van der Waals surface area contributed by atoms with Gasteiger partial charge in [-0.25, -0.2) is 4.79 Å². The normalized spacial score (nSPS) is 13.2. The minimum atomic E-state index is -0.692. The highest BCUT2D eigenvalue weighted by atomic mass is 16.5. The molecule has 1 aromatic heterocycles. The third-order valence-corrected chi connectivity index (χ3v) is 5.44. The second-order valence-corrected chi connectivity index (χ2v) is 7.33. The lowest BCUT2D eigenvalue weighted by atomic mass is 10.0. The van der Waals surface area contributed by atoms with Gasteiger partial charge in [0.2, 0.25) is 5.88 Å². The summed E-state index contributed by atoms with van der Waals surface area (Å²) in [6.45, 7) is 0.144. The first-order valence-electron chi connectivity index (χ1n) is 10.2. The fraction of sp³-hybridized carbons (Fsp3) is 0.208. The molecule has 0 bridgehead atoms. The van der Waals surface area contributed by atoms with E-state index in [1.807, 2.05) is 6.07 Å². The van der Waals surface area contributed by atoms with E-state index >= 15 is 0 Å². The average Bonchev–Trinajstić information content (AvgIpc) is 3.23. The van der Waals surface area contributed by atoms with E-state index in [0.29, 0.717) is 29.2 Å². The number of nitrogens with one attached hydrogen (secondary N) is 1. The summed E-state index contributed by atoms with van der Waals surface area (Å²) >= 11 is 0. The van der Waals surface area contributed by atoms with Crippen LogP contribution in [0.4, 0.5) is 5.69 Å². The molecule has 9 heteroatoms. The summed E-state index contributed by atoms with van der Waals surface area (Å²) in [5, 5.41) is 10.8. The van der Waals surface area contributed by atoms with Crippen molar-refractivity contribution < 1.29 is 19.3 Å². The number of nitrogens with zero attached hydrogens (tertiary/aromatic N) is 2. The molecular weight excluding hydrogens is 426 g/mol. The van der Waals surface area contributed by atoms with Gasteiger partial charge in [0.05, 0.1) is 27.0 Å². The summed E-state index contributed by atoms with van der Waals surface area (Å²) < 4.78 is 16.9. The minimum Gasteiger partial charge on any atom is -0.497 e. The van der Waals surface area contributed by atoms with E-state index in [0.717, 1.165) is 21.4 Å². The minimum absolute atomic E-state index is 0.0287. The smallest absolute Gasteiger partial charge is 0.331 e. The lowest BCUT2D eigenvalue weighted by Gasteiger charge is -2.12. The first kappa shape index (κ1) is 21.9. The van der Waals surface area contributed by atoms with E-state index in [4.69, 9.17) is 14.2 Å². The Morgan fingerprint density at radius 1 is 1.03 bits per heavy atom. The number of fused-ring (bicyclic) bond motifs is 1. The third kappa shape index (κ3) is 4.25. The van der Waals surface area contributed by atoms with Crippen molar-refractivity contribution in [1.29, 1.82) is 0 Å². The number of allylic oxidation sites excluding steroid dienone is 1. The van der Waals surface area contributed by atoms with Gasteiger partial charge in [-0.2, -0.15) is 0 Å². The number of hydrogen-bond acceptors (Lipinski definition) is 7. The number of aliphatic imine (C=N–C) groups is 1. The van der Waals surface area contributed by atoms with Crippen LogP contribution in [-0.2, 0) is 13.0 Å². The lowest BCUT2D eigenvalue weighted by molar-refractivity contribution is 0.354. The number of H-pyrrole nitrogens is 1. The van der Waals surface area contributed by atoms with Crippen LogP contribution >= 0.6 is 0 Å². The molecule has 170 valence electrons. The zero-order valence-electron chi connectivity index (χ0n) is 18.4. The van der Waals surface area contributed by atoms with E-state index in [-0.39, 0.29) is 12.1 Å². The molecule has 2 heterocycles. The van der Waals surface area contributed by atoms with Gasteiger partial charge in [0.1, 0.15) is 11.3 Å². The summed E-state index contributed by atoms with van der Waals surface area (Å²) in [6.07, 6.45) is 3.52. The highest BCUT2D eigenvalue weighted by molar-refractivity contribution is 6.21. The molecule has 0 unspecified atom stereocenters. The molecule has 0 amide bonds. The molecule has 0 saturated heterocycles. The Morgan fingerprint density at radius 2 is 1.82 bits per heavy atom. The molecule has 2 aromatic carbocycles. The Balaban J connectivity index is 1.67. The summed E-state index contributed by atoms with van der Waals surface area (Å²) in [5.74, 6) is 1.38. The van der Waals surface area contributed by atoms with Crippen molar-refractivity contribution in [1.82, 2.24) is 9.55 Å². The summed E-state index contributed by atoms with van der Waals surface area (Å²) in [5.41, 5.74) is 1.57. The van der Waals surface area contributed by atoms with Gasteiger partial charge in [-0.1, -0.05) is 6.07 Å². The molecule has 0 aliphatic carbocycles. The maximum Gasteiger partial charge on any atom is 0.331 e. The van der Waals surface area contributed by atoms with Crippen molar-refractivity contribution in [3.8, 4) is 23.1 Å². The van der Waals surface area contributed by atoms with Crippen LogP contribution in [0.3, 0.4) is 0 Å². The van der Waals surface area contributed by atoms with Crippen LogP contribution in [0.5, 0.6) is 23.1 Å². The van der Waals surface area contributed by atoms with Crippen molar-refractivity contribution in [3.63, 3.8) is 0 Å². The van der Waals surface area contributed by atoms with Crippen LogP contribution in [0, 0.1) is 0 Å². The summed E-state index contributed by atoms with van der Waals surface area (Å²) in [7, 11) is 4.65. The SMILES string of the molecule is COc1ccc2c(c1)C(=Cc1c(O)n(CCc3ccc(OC)c(OC)c3)c(=O)[nH]c1=O)C=N2. The summed E-state index contributed by atoms with van der Waals surface area (Å²) in [4.78, 5) is 31.5. The van der Waals surface area contributed by atoms with E-state index in [9.17, 15) is 14.7 Å². The molecule has 0 atom stereocenters. The molecule has 2 N–H and O–H groups in total. The lowest BCUT2D eigenvalue weighted by Crippen LogP contribution is -2.32. The van der Waals surface area contributed by atoms with E-state index in [1.54, 1.807) is 57.9 Å². The van der Waals surface area contributed by atoms with Gasteiger partial charge in [0, 0.05) is 23.9 Å². The second-order valence-electron chi connectivity index (χ2n) is 7.33. The number of methoxy groups -OCH3 is 3. The van der Waals surface area contributed by atoms with Gasteiger partial charge < -0.3 is 19.3 Å². The zero-order chi connectivity index (χ0) is 23.5. The van der Waals surface area contributed by atoms with Gasteiger partial charge >= 0.3 is 5.69 Å². The fourth-order valence-electron chi connectivity index (χ4n) is 3.65. The molecule has 0 spiro atoms. The largest absolute Gasteiger partial charge is 0.497 e. The molecule has 9 nitrogen and oxygen atoms in total. The number of aryl methyl sites for hydroxylation is 1. The average molecular weight is 449 g/mol. The molecule has 0 fully saturated rings. The third-order valence-electron chi connectivity index (χ3n) is 5.44. The van der Waals surface area contributed by atoms with Crippen LogP contribution in [0.1, 0.15) is 16.7 Å². The van der Waals surface area contributed by atoms with Crippen molar-refractivity contribution in [3.05, 3.63) is 73.9 Å². The molecule has 0 radical (unpaired) electrons. The molecule has 3 aromatic rings. The van der Waals surface area contributed by atoms with Crippen LogP contribution < -0.4 is 25.5 Å². The first-order chi connectivity index (χ1) is 15.9.